The SMILES string of the molecule is CC/C=C\C/C=C\C/C=C\C/C=C\C/C=C\C/C=C\CCCCCCC(=O)OC(COC(=O)CCCCCCC/C=C\CCCCCC)COC(=O)CCCCCCCCCCCCCCC/C=C\C/C=C\C/C=C\C/C=C\C/C=C\CC. The van der Waals surface area contributed by atoms with Gasteiger partial charge in [-0.15, -0.1) is 0 Å². The molecule has 0 heterocycles. The maximum Gasteiger partial charge on any atom is 0.306 e. The quantitative estimate of drug-likeness (QED) is 0.0261. The number of allylic oxidation sites excluding steroid dienone is 24. The minimum absolute atomic E-state index is 0.0951. The lowest BCUT2D eigenvalue weighted by molar-refractivity contribution is -0.167. The zero-order chi connectivity index (χ0) is 59.9. The summed E-state index contributed by atoms with van der Waals surface area (Å²) in [7, 11) is 0. The second-order valence-electron chi connectivity index (χ2n) is 22.3. The molecule has 1 atom stereocenters. The van der Waals surface area contributed by atoms with Crippen LogP contribution in [0.1, 0.15) is 303 Å². The van der Waals surface area contributed by atoms with E-state index in [0.717, 1.165) is 154 Å². The van der Waals surface area contributed by atoms with Crippen LogP contribution in [0.15, 0.2) is 146 Å². The largest absolute Gasteiger partial charge is 0.462 e. The van der Waals surface area contributed by atoms with Gasteiger partial charge in [0.05, 0.1) is 0 Å². The van der Waals surface area contributed by atoms with Gasteiger partial charge < -0.3 is 14.2 Å². The molecule has 6 heteroatoms. The molecular formula is C77H126O6. The Morgan fingerprint density at radius 1 is 0.253 bits per heavy atom. The van der Waals surface area contributed by atoms with Crippen molar-refractivity contribution in [1.29, 1.82) is 0 Å². The molecule has 0 radical (unpaired) electrons. The van der Waals surface area contributed by atoms with Crippen LogP contribution >= 0.6 is 0 Å². The maximum atomic E-state index is 12.9. The predicted molar refractivity (Wildman–Crippen MR) is 362 cm³/mol. The lowest BCUT2D eigenvalue weighted by atomic mass is 10.0. The molecule has 0 aromatic rings. The van der Waals surface area contributed by atoms with Crippen molar-refractivity contribution in [2.24, 2.45) is 0 Å². The van der Waals surface area contributed by atoms with Crippen molar-refractivity contribution in [3.05, 3.63) is 146 Å². The molecule has 0 aromatic carbocycles. The fourth-order valence-corrected chi connectivity index (χ4v) is 9.23. The van der Waals surface area contributed by atoms with E-state index in [-0.39, 0.29) is 31.1 Å². The molecule has 0 aliphatic carbocycles. The second kappa shape index (κ2) is 69.8. The summed E-state index contributed by atoms with van der Waals surface area (Å²) in [4.78, 5) is 38.4. The first-order chi connectivity index (χ1) is 41.0. The van der Waals surface area contributed by atoms with E-state index in [1.165, 1.54) is 109 Å². The molecule has 0 spiro atoms. The Kier molecular flexibility index (Phi) is 65.8. The van der Waals surface area contributed by atoms with Crippen LogP contribution in [0.3, 0.4) is 0 Å². The van der Waals surface area contributed by atoms with Crippen molar-refractivity contribution in [2.45, 2.75) is 309 Å². The zero-order valence-electron chi connectivity index (χ0n) is 53.9. The van der Waals surface area contributed by atoms with Gasteiger partial charge in [-0.1, -0.05) is 289 Å². The van der Waals surface area contributed by atoms with E-state index in [0.29, 0.717) is 19.3 Å². The standard InChI is InChI=1S/C77H126O6/c1-4-7-10-13-16-19-22-25-27-29-31-33-35-36-37-38-39-40-42-43-45-47-49-52-55-58-61-64-67-70-76(79)82-73-74(72-81-75(78)69-66-63-60-57-54-51-24-21-18-15-12-9-6-3)83-77(80)71-68-65-62-59-56-53-50-48-46-44-41-34-32-30-28-26-23-20-17-14-11-8-5-2/h7-8,10-11,16-17,19-21,24-28,31-34,36-37,44,46,50,53,74H,4-6,9,12-15,18,22-23,29-30,35,38-43,45,47-49,51-52,54-73H2,1-3H3/b10-7-,11-8-,19-16-,20-17-,24-21-,27-25-,28-26-,33-31-,34-32-,37-36-,46-44-,53-50-. The molecule has 0 rings (SSSR count). The highest BCUT2D eigenvalue weighted by Gasteiger charge is 2.19. The number of esters is 3. The van der Waals surface area contributed by atoms with Crippen LogP contribution in [-0.4, -0.2) is 37.2 Å². The summed E-state index contributed by atoms with van der Waals surface area (Å²) in [5.41, 5.74) is 0. The smallest absolute Gasteiger partial charge is 0.306 e. The number of hydrogen-bond acceptors (Lipinski definition) is 6. The van der Waals surface area contributed by atoms with Crippen LogP contribution in [0.5, 0.6) is 0 Å². The third-order valence-corrected chi connectivity index (χ3v) is 14.3. The van der Waals surface area contributed by atoms with Crippen molar-refractivity contribution in [3.8, 4) is 0 Å². The van der Waals surface area contributed by atoms with Crippen molar-refractivity contribution in [1.82, 2.24) is 0 Å². The van der Waals surface area contributed by atoms with Gasteiger partial charge in [0, 0.05) is 19.3 Å². The van der Waals surface area contributed by atoms with Crippen LogP contribution in [0.2, 0.25) is 0 Å². The van der Waals surface area contributed by atoms with E-state index >= 15 is 0 Å². The van der Waals surface area contributed by atoms with Crippen LogP contribution in [-0.2, 0) is 28.6 Å². The molecule has 0 saturated carbocycles. The van der Waals surface area contributed by atoms with E-state index in [9.17, 15) is 14.4 Å². The Bertz CT molecular complexity index is 1800. The molecule has 83 heavy (non-hydrogen) atoms. The van der Waals surface area contributed by atoms with Gasteiger partial charge in [0.2, 0.25) is 0 Å². The Morgan fingerprint density at radius 3 is 0.747 bits per heavy atom. The second-order valence-corrected chi connectivity index (χ2v) is 22.3. The molecule has 0 aromatic heterocycles. The van der Waals surface area contributed by atoms with Gasteiger partial charge in [-0.05, 0) is 141 Å². The number of carbonyl (C=O) groups excluding carboxylic acids is 3. The Morgan fingerprint density at radius 2 is 0.470 bits per heavy atom. The van der Waals surface area contributed by atoms with Gasteiger partial charge in [-0.3, -0.25) is 14.4 Å². The first-order valence-corrected chi connectivity index (χ1v) is 34.3. The summed E-state index contributed by atoms with van der Waals surface area (Å²) in [6.07, 6.45) is 100. The van der Waals surface area contributed by atoms with E-state index in [2.05, 4.69) is 167 Å². The van der Waals surface area contributed by atoms with Crippen molar-refractivity contribution in [3.63, 3.8) is 0 Å². The molecule has 0 amide bonds. The molecule has 1 unspecified atom stereocenters. The van der Waals surface area contributed by atoms with Crippen LogP contribution < -0.4 is 0 Å². The number of unbranched alkanes of at least 4 members (excludes halogenated alkanes) is 26. The summed E-state index contributed by atoms with van der Waals surface area (Å²) in [6, 6.07) is 0. The molecule has 470 valence electrons. The van der Waals surface area contributed by atoms with Gasteiger partial charge in [0.1, 0.15) is 13.2 Å². The predicted octanol–water partition coefficient (Wildman–Crippen LogP) is 23.9. The Hall–Kier alpha value is -4.71. The van der Waals surface area contributed by atoms with Gasteiger partial charge in [-0.25, -0.2) is 0 Å². The monoisotopic (exact) mass is 1150 g/mol. The topological polar surface area (TPSA) is 78.9 Å². The zero-order valence-corrected chi connectivity index (χ0v) is 53.9. The Balaban J connectivity index is 4.35. The minimum Gasteiger partial charge on any atom is -0.462 e. The highest BCUT2D eigenvalue weighted by atomic mass is 16.6. The summed E-state index contributed by atoms with van der Waals surface area (Å²) in [5, 5.41) is 0. The van der Waals surface area contributed by atoms with E-state index < -0.39 is 6.10 Å². The number of carbonyl (C=O) groups is 3. The van der Waals surface area contributed by atoms with Crippen molar-refractivity contribution >= 4 is 17.9 Å². The summed E-state index contributed by atoms with van der Waals surface area (Å²) < 4.78 is 16.9. The molecule has 0 aliphatic heterocycles. The average Bonchev–Trinajstić information content (AvgIpc) is 3.49. The van der Waals surface area contributed by atoms with Crippen LogP contribution in [0.25, 0.3) is 0 Å². The van der Waals surface area contributed by atoms with E-state index in [1.807, 2.05) is 0 Å². The fraction of sp³-hybridized carbons (Fsp3) is 0.649. The molecule has 0 fully saturated rings. The van der Waals surface area contributed by atoms with Crippen LogP contribution in [0, 0.1) is 0 Å². The molecule has 0 bridgehead atoms. The first-order valence-electron chi connectivity index (χ1n) is 34.3. The highest BCUT2D eigenvalue weighted by Crippen LogP contribution is 2.16. The van der Waals surface area contributed by atoms with Gasteiger partial charge in [0.25, 0.3) is 0 Å². The number of ether oxygens (including phenoxy) is 3. The van der Waals surface area contributed by atoms with E-state index in [1.54, 1.807) is 0 Å². The molecule has 0 N–H and O–H groups in total. The molecule has 6 nitrogen and oxygen atoms in total. The minimum atomic E-state index is -0.802. The summed E-state index contributed by atoms with van der Waals surface area (Å²) >= 11 is 0. The summed E-state index contributed by atoms with van der Waals surface area (Å²) in [5.74, 6) is -0.926. The first kappa shape index (κ1) is 78.3. The van der Waals surface area contributed by atoms with E-state index in [4.69, 9.17) is 14.2 Å². The van der Waals surface area contributed by atoms with Crippen molar-refractivity contribution in [2.75, 3.05) is 13.2 Å². The van der Waals surface area contributed by atoms with Crippen molar-refractivity contribution < 1.29 is 28.6 Å². The maximum absolute atomic E-state index is 12.9. The number of rotatable bonds is 61. The average molecular weight is 1150 g/mol. The van der Waals surface area contributed by atoms with Gasteiger partial charge >= 0.3 is 17.9 Å². The number of hydrogen-bond donors (Lipinski definition) is 0. The molecule has 0 saturated heterocycles. The lowest BCUT2D eigenvalue weighted by Gasteiger charge is -2.18. The lowest BCUT2D eigenvalue weighted by Crippen LogP contribution is -2.30. The molecule has 0 aliphatic rings. The highest BCUT2D eigenvalue weighted by molar-refractivity contribution is 5.71. The third-order valence-electron chi connectivity index (χ3n) is 14.3. The van der Waals surface area contributed by atoms with Gasteiger partial charge in [-0.2, -0.15) is 0 Å². The Labute approximate surface area is 512 Å². The molecular weight excluding hydrogens is 1020 g/mol. The van der Waals surface area contributed by atoms with Crippen LogP contribution in [0.4, 0.5) is 0 Å². The normalized spacial score (nSPS) is 13.0. The summed E-state index contributed by atoms with van der Waals surface area (Å²) in [6.45, 7) is 6.38. The van der Waals surface area contributed by atoms with Gasteiger partial charge in [0.15, 0.2) is 6.10 Å². The fourth-order valence-electron chi connectivity index (χ4n) is 9.23. The third kappa shape index (κ3) is 68.0.